The number of alkyl halides is 2. The highest BCUT2D eigenvalue weighted by atomic mass is 32.2. The van der Waals surface area contributed by atoms with Gasteiger partial charge in [0.05, 0.1) is 18.9 Å². The number of nitrogens with two attached hydrogens (primary N) is 1. The summed E-state index contributed by atoms with van der Waals surface area (Å²) in [7, 11) is -4.23. The molecule has 0 fully saturated rings. The summed E-state index contributed by atoms with van der Waals surface area (Å²) in [4.78, 5) is 18.7. The van der Waals surface area contributed by atoms with Crippen molar-refractivity contribution in [3.8, 4) is 11.6 Å². The molecule has 1 aromatic heterocycles. The van der Waals surface area contributed by atoms with Crippen LogP contribution in [0.15, 0.2) is 35.2 Å². The molecule has 222 valence electrons. The fraction of sp³-hybridized carbons (Fsp3) is 0.414. The molecule has 9 nitrogen and oxygen atoms in total. The molecule has 0 atom stereocenters. The average molecular weight is 592 g/mol. The zero-order valence-electron chi connectivity index (χ0n) is 23.8. The third-order valence-electron chi connectivity index (χ3n) is 6.41. The van der Waals surface area contributed by atoms with Crippen molar-refractivity contribution in [2.45, 2.75) is 64.7 Å². The summed E-state index contributed by atoms with van der Waals surface area (Å²) >= 11 is 0. The quantitative estimate of drug-likeness (QED) is 0.159. The van der Waals surface area contributed by atoms with E-state index in [1.807, 2.05) is 26.0 Å². The molecule has 12 heteroatoms. The lowest BCUT2D eigenvalue weighted by Crippen LogP contribution is -2.21. The third kappa shape index (κ3) is 8.43. The first kappa shape index (κ1) is 31.9. The Bertz CT molecular complexity index is 1490. The van der Waals surface area contributed by atoms with Crippen LogP contribution in [-0.2, 0) is 32.5 Å². The van der Waals surface area contributed by atoms with Crippen LogP contribution in [0.3, 0.4) is 0 Å². The first-order valence-corrected chi connectivity index (χ1v) is 14.5. The number of benzene rings is 2. The van der Waals surface area contributed by atoms with Crippen molar-refractivity contribution in [2.75, 3.05) is 25.6 Å². The molecule has 0 amide bonds. The number of hydrogen-bond donors (Lipinski definition) is 1. The summed E-state index contributed by atoms with van der Waals surface area (Å²) in [6.45, 7) is 8.95. The van der Waals surface area contributed by atoms with Gasteiger partial charge in [-0.25, -0.2) is 4.98 Å². The number of aryl methyl sites for hydroxylation is 5. The second-order valence-corrected chi connectivity index (χ2v) is 11.2. The van der Waals surface area contributed by atoms with Gasteiger partial charge in [-0.05, 0) is 68.5 Å². The molecule has 0 spiro atoms. The Morgan fingerprint density at radius 3 is 2.29 bits per heavy atom. The lowest BCUT2D eigenvalue weighted by Gasteiger charge is -2.17. The standard InChI is InChI=1S/C29H35F2N3O6S/c1-6-22-15-24(39-12-11-38-10-9-29(30,31)17-35)8-7-23(22)16-25-21(5)33-28(32)34-27(25)40-41(36,37)26-19(3)13-18(2)14-20(26)4/h7-8,13-15,17H,6,9-12,16H2,1-5H3,(H2,32,33,34). The summed E-state index contributed by atoms with van der Waals surface area (Å²) in [5.74, 6) is -3.07. The van der Waals surface area contributed by atoms with E-state index in [0.29, 0.717) is 34.6 Å². The molecule has 0 saturated carbocycles. The van der Waals surface area contributed by atoms with E-state index < -0.39 is 28.7 Å². The second-order valence-electron chi connectivity index (χ2n) is 9.77. The minimum atomic E-state index is -4.23. The third-order valence-corrected chi connectivity index (χ3v) is 7.93. The number of aldehydes is 1. The van der Waals surface area contributed by atoms with E-state index in [9.17, 15) is 22.0 Å². The molecule has 0 aliphatic rings. The Kier molecular flexibility index (Phi) is 10.4. The largest absolute Gasteiger partial charge is 0.491 e. The highest BCUT2D eigenvalue weighted by Gasteiger charge is 2.27. The Labute approximate surface area is 239 Å². The number of ether oxygens (including phenoxy) is 2. The van der Waals surface area contributed by atoms with Crippen LogP contribution in [-0.4, -0.2) is 50.4 Å². The number of anilines is 1. The minimum absolute atomic E-state index is 0.0786. The molecule has 0 bridgehead atoms. The lowest BCUT2D eigenvalue weighted by molar-refractivity contribution is -0.131. The van der Waals surface area contributed by atoms with Crippen molar-refractivity contribution in [3.63, 3.8) is 0 Å². The van der Waals surface area contributed by atoms with Gasteiger partial charge in [0.1, 0.15) is 17.3 Å². The summed E-state index contributed by atoms with van der Waals surface area (Å²) < 4.78 is 69.1. The molecule has 3 aromatic rings. The Balaban J connectivity index is 1.79. The van der Waals surface area contributed by atoms with E-state index in [-0.39, 0.29) is 43.0 Å². The molecular weight excluding hydrogens is 556 g/mol. The van der Waals surface area contributed by atoms with Gasteiger partial charge in [0.15, 0.2) is 6.29 Å². The van der Waals surface area contributed by atoms with Crippen LogP contribution in [0.25, 0.3) is 0 Å². The van der Waals surface area contributed by atoms with Gasteiger partial charge >= 0.3 is 16.0 Å². The number of nitrogens with zero attached hydrogens (tertiary/aromatic N) is 2. The van der Waals surface area contributed by atoms with E-state index in [4.69, 9.17) is 19.4 Å². The molecule has 0 unspecified atom stereocenters. The second kappa shape index (κ2) is 13.3. The number of aromatic nitrogens is 2. The molecule has 0 saturated heterocycles. The van der Waals surface area contributed by atoms with Gasteiger partial charge in [-0.3, -0.25) is 4.79 Å². The molecule has 3 rings (SSSR count). The van der Waals surface area contributed by atoms with Gasteiger partial charge < -0.3 is 19.4 Å². The molecule has 1 heterocycles. The summed E-state index contributed by atoms with van der Waals surface area (Å²) in [5.41, 5.74) is 10.7. The molecule has 41 heavy (non-hydrogen) atoms. The van der Waals surface area contributed by atoms with E-state index in [1.54, 1.807) is 39.0 Å². The summed E-state index contributed by atoms with van der Waals surface area (Å²) in [6.07, 6.45) is -0.148. The maximum atomic E-state index is 13.4. The maximum absolute atomic E-state index is 13.4. The predicted molar refractivity (Wildman–Crippen MR) is 150 cm³/mol. The number of hydrogen-bond acceptors (Lipinski definition) is 9. The maximum Gasteiger partial charge on any atom is 0.341 e. The van der Waals surface area contributed by atoms with Crippen LogP contribution in [0, 0.1) is 27.7 Å². The number of nitrogen functional groups attached to an aromatic ring is 1. The fourth-order valence-electron chi connectivity index (χ4n) is 4.54. The van der Waals surface area contributed by atoms with Crippen LogP contribution >= 0.6 is 0 Å². The Hall–Kier alpha value is -3.64. The monoisotopic (exact) mass is 591 g/mol. The van der Waals surface area contributed by atoms with Crippen LogP contribution in [0.2, 0.25) is 0 Å². The van der Waals surface area contributed by atoms with Crippen molar-refractivity contribution in [2.24, 2.45) is 0 Å². The van der Waals surface area contributed by atoms with Crippen molar-refractivity contribution in [1.29, 1.82) is 0 Å². The molecular formula is C29H35F2N3O6S. The van der Waals surface area contributed by atoms with Gasteiger partial charge in [-0.2, -0.15) is 22.2 Å². The molecule has 0 radical (unpaired) electrons. The van der Waals surface area contributed by atoms with Crippen LogP contribution in [0.4, 0.5) is 14.7 Å². The van der Waals surface area contributed by atoms with Gasteiger partial charge in [0.2, 0.25) is 11.8 Å². The van der Waals surface area contributed by atoms with Crippen molar-refractivity contribution < 1.29 is 35.6 Å². The fourth-order valence-corrected chi connectivity index (χ4v) is 5.88. The lowest BCUT2D eigenvalue weighted by atomic mass is 9.97. The van der Waals surface area contributed by atoms with Gasteiger partial charge in [0, 0.05) is 18.4 Å². The molecule has 0 aliphatic heterocycles. The Morgan fingerprint density at radius 1 is 0.976 bits per heavy atom. The van der Waals surface area contributed by atoms with Crippen LogP contribution < -0.4 is 14.7 Å². The van der Waals surface area contributed by atoms with E-state index in [1.165, 1.54) is 0 Å². The van der Waals surface area contributed by atoms with Crippen LogP contribution in [0.5, 0.6) is 11.6 Å². The Morgan fingerprint density at radius 2 is 1.66 bits per heavy atom. The minimum Gasteiger partial charge on any atom is -0.491 e. The van der Waals surface area contributed by atoms with Gasteiger partial charge in [-0.1, -0.05) is 30.7 Å². The van der Waals surface area contributed by atoms with Crippen molar-refractivity contribution in [3.05, 3.63) is 69.4 Å². The zero-order valence-corrected chi connectivity index (χ0v) is 24.6. The number of rotatable bonds is 14. The first-order valence-electron chi connectivity index (χ1n) is 13.1. The molecule has 0 aliphatic carbocycles. The van der Waals surface area contributed by atoms with Crippen molar-refractivity contribution >= 4 is 22.4 Å². The highest BCUT2D eigenvalue weighted by molar-refractivity contribution is 7.87. The summed E-state index contributed by atoms with van der Waals surface area (Å²) in [6, 6.07) is 9.00. The van der Waals surface area contributed by atoms with Crippen molar-refractivity contribution in [1.82, 2.24) is 9.97 Å². The number of carbonyl (C=O) groups is 1. The highest BCUT2D eigenvalue weighted by Crippen LogP contribution is 2.31. The van der Waals surface area contributed by atoms with E-state index in [0.717, 1.165) is 16.7 Å². The smallest absolute Gasteiger partial charge is 0.341 e. The van der Waals surface area contributed by atoms with Crippen LogP contribution in [0.1, 0.15) is 52.4 Å². The van der Waals surface area contributed by atoms with Gasteiger partial charge in [-0.15, -0.1) is 0 Å². The average Bonchev–Trinajstić information content (AvgIpc) is 2.87. The predicted octanol–water partition coefficient (Wildman–Crippen LogP) is 4.83. The molecule has 2 aromatic carbocycles. The zero-order chi connectivity index (χ0) is 30.4. The first-order chi connectivity index (χ1) is 19.3. The topological polar surface area (TPSA) is 131 Å². The number of halogens is 2. The normalized spacial score (nSPS) is 11.9. The summed E-state index contributed by atoms with van der Waals surface area (Å²) in [5, 5.41) is 0. The number of carbonyl (C=O) groups excluding carboxylic acids is 1. The SMILES string of the molecule is CCc1cc(OCCOCCC(F)(F)C=O)ccc1Cc1c(C)nc(N)nc1OS(=O)(=O)c1c(C)cc(C)cc1C. The molecule has 2 N–H and O–H groups in total. The van der Waals surface area contributed by atoms with Gasteiger partial charge in [0.25, 0.3) is 0 Å². The van der Waals surface area contributed by atoms with E-state index >= 15 is 0 Å². The van der Waals surface area contributed by atoms with E-state index in [2.05, 4.69) is 9.97 Å².